The molecule has 4 rings (SSSR count). The van der Waals surface area contributed by atoms with Crippen LogP contribution in [0, 0.1) is 25.7 Å². The lowest BCUT2D eigenvalue weighted by Gasteiger charge is -2.09. The summed E-state index contributed by atoms with van der Waals surface area (Å²) in [5, 5.41) is 38.3. The lowest BCUT2D eigenvalue weighted by Crippen LogP contribution is -2.03. The largest absolute Gasteiger partial charge is 0.493 e. The van der Waals surface area contributed by atoms with Crippen LogP contribution in [-0.2, 0) is 22.7 Å². The monoisotopic (exact) mass is 530 g/mol. The molecule has 0 radical (unpaired) electrons. The molecule has 39 heavy (non-hydrogen) atoms. The average Bonchev–Trinajstić information content (AvgIpc) is 3.25. The quantitative estimate of drug-likeness (QED) is 0.183. The van der Waals surface area contributed by atoms with Crippen LogP contribution < -0.4 is 0 Å². The summed E-state index contributed by atoms with van der Waals surface area (Å²) in [6.45, 7) is 13.1. The highest BCUT2D eigenvalue weighted by molar-refractivity contribution is 5.99. The molecule has 0 bridgehead atoms. The van der Waals surface area contributed by atoms with Crippen LogP contribution in [0.4, 0.5) is 11.4 Å². The molecule has 0 saturated carbocycles. The lowest BCUT2D eigenvalue weighted by atomic mass is 10.1. The minimum Gasteiger partial charge on any atom is -0.493 e. The van der Waals surface area contributed by atoms with Crippen LogP contribution in [-0.4, -0.2) is 31.2 Å². The number of nitrogens with zero attached hydrogens (tertiary/aromatic N) is 6. The van der Waals surface area contributed by atoms with E-state index in [0.717, 1.165) is 22.2 Å². The van der Waals surface area contributed by atoms with Crippen molar-refractivity contribution in [2.75, 3.05) is 0 Å². The van der Waals surface area contributed by atoms with E-state index in [0.29, 0.717) is 23.9 Å². The number of aromatic hydroxyl groups is 2. The van der Waals surface area contributed by atoms with Gasteiger partial charge in [-0.1, -0.05) is 51.0 Å². The molecule has 2 N–H and O–H groups in total. The molecule has 2 aromatic heterocycles. The van der Waals surface area contributed by atoms with Crippen LogP contribution in [0.1, 0.15) is 45.2 Å². The molecule has 2 amide bonds. The van der Waals surface area contributed by atoms with E-state index in [9.17, 15) is 19.8 Å². The van der Waals surface area contributed by atoms with Gasteiger partial charge in [0.2, 0.25) is 11.8 Å². The first kappa shape index (κ1) is 27.7. The number of fused-ring (bicyclic) bond motifs is 2. The van der Waals surface area contributed by atoms with Gasteiger partial charge in [-0.25, -0.2) is 0 Å². The van der Waals surface area contributed by atoms with Crippen molar-refractivity contribution in [3.63, 3.8) is 0 Å². The first-order valence-corrected chi connectivity index (χ1v) is 13.0. The van der Waals surface area contributed by atoms with E-state index in [4.69, 9.17) is 0 Å². The Kier molecular flexibility index (Phi) is 7.94. The smallest absolute Gasteiger partial charge is 0.274 e. The number of carbonyl (C=O) groups excluding carboxylic acids is 2. The summed E-state index contributed by atoms with van der Waals surface area (Å²) in [6.07, 6.45) is -0.651. The predicted octanol–water partition coefficient (Wildman–Crippen LogP) is 7.25. The predicted molar refractivity (Wildman–Crippen MR) is 150 cm³/mol. The van der Waals surface area contributed by atoms with Crippen LogP contribution in [0.2, 0.25) is 0 Å². The van der Waals surface area contributed by atoms with E-state index in [-0.39, 0.29) is 35.0 Å². The zero-order valence-electron chi connectivity index (χ0n) is 23.1. The Morgan fingerprint density at radius 2 is 1.10 bits per heavy atom. The Bertz CT molecular complexity index is 1500. The summed E-state index contributed by atoms with van der Waals surface area (Å²) < 4.78 is 3.48. The van der Waals surface area contributed by atoms with Gasteiger partial charge >= 0.3 is 0 Å². The van der Waals surface area contributed by atoms with Gasteiger partial charge in [0.15, 0.2) is 11.4 Å². The normalized spacial score (nSPS) is 12.3. The van der Waals surface area contributed by atoms with E-state index in [1.54, 1.807) is 9.13 Å². The topological polar surface area (TPSA) is 134 Å². The molecule has 0 saturated heterocycles. The molecular formula is C29H34N6O4. The van der Waals surface area contributed by atoms with Crippen molar-refractivity contribution >= 4 is 45.0 Å². The van der Waals surface area contributed by atoms with Crippen LogP contribution in [0.25, 0.3) is 21.8 Å². The Balaban J connectivity index is 1.55. The summed E-state index contributed by atoms with van der Waals surface area (Å²) >= 11 is 0. The molecule has 0 spiro atoms. The molecule has 0 fully saturated rings. The molecule has 10 nitrogen and oxygen atoms in total. The van der Waals surface area contributed by atoms with Gasteiger partial charge in [-0.05, 0) is 49.9 Å². The van der Waals surface area contributed by atoms with Crippen molar-refractivity contribution in [3.8, 4) is 11.8 Å². The van der Waals surface area contributed by atoms with Crippen molar-refractivity contribution in [1.82, 2.24) is 9.13 Å². The Morgan fingerprint density at radius 3 is 1.46 bits per heavy atom. The minimum atomic E-state index is -0.821. The minimum absolute atomic E-state index is 0.0876. The average molecular weight is 531 g/mol. The number of benzene rings is 2. The van der Waals surface area contributed by atoms with Gasteiger partial charge in [0, 0.05) is 23.9 Å². The van der Waals surface area contributed by atoms with Crippen LogP contribution in [0.3, 0.4) is 0 Å². The SMILES string of the molecule is Cc1ccc2c(c1)c(N=NC(=O)CC(=O)N=Nc1c(O)n(CC(C)C)c3ccc(C)cc13)c(O)n2CC(C)C. The van der Waals surface area contributed by atoms with E-state index in [1.807, 2.05) is 77.9 Å². The molecule has 2 aromatic carbocycles. The number of carbonyl (C=O) groups is 2. The third kappa shape index (κ3) is 5.89. The van der Waals surface area contributed by atoms with Crippen LogP contribution in [0.15, 0.2) is 56.9 Å². The standard InChI is InChI=1S/C29H34N6O4/c1-16(2)14-34-22-9-7-18(5)11-20(22)26(28(34)38)32-30-24(36)13-25(37)31-33-27-21-12-19(6)8-10-23(21)35(29(27)39)15-17(3)4/h7-12,16-17,38-39H,13-15H2,1-6H3. The molecule has 0 unspecified atom stereocenters. The zero-order chi connectivity index (χ0) is 28.4. The summed E-state index contributed by atoms with van der Waals surface area (Å²) in [5.41, 5.74) is 3.85. The molecular weight excluding hydrogens is 496 g/mol. The number of rotatable bonds is 8. The second kappa shape index (κ2) is 11.2. The number of hydrogen-bond acceptors (Lipinski definition) is 6. The summed E-state index contributed by atoms with van der Waals surface area (Å²) in [4.78, 5) is 24.9. The first-order valence-electron chi connectivity index (χ1n) is 13.0. The van der Waals surface area contributed by atoms with Crippen molar-refractivity contribution < 1.29 is 19.8 Å². The van der Waals surface area contributed by atoms with Gasteiger partial charge in [-0.3, -0.25) is 9.59 Å². The number of azo groups is 2. The molecule has 4 aromatic rings. The van der Waals surface area contributed by atoms with Crippen molar-refractivity contribution in [2.45, 2.75) is 61.1 Å². The van der Waals surface area contributed by atoms with Gasteiger partial charge in [-0.2, -0.15) is 0 Å². The zero-order valence-corrected chi connectivity index (χ0v) is 23.1. The van der Waals surface area contributed by atoms with E-state index < -0.39 is 18.2 Å². The van der Waals surface area contributed by atoms with Gasteiger partial charge in [-0.15, -0.1) is 20.5 Å². The maximum absolute atomic E-state index is 12.5. The Morgan fingerprint density at radius 1 is 0.718 bits per heavy atom. The fourth-order valence-electron chi connectivity index (χ4n) is 4.58. The molecule has 0 aliphatic heterocycles. The molecule has 0 atom stereocenters. The summed E-state index contributed by atoms with van der Waals surface area (Å²) in [7, 11) is 0. The van der Waals surface area contributed by atoms with Crippen LogP contribution >= 0.6 is 0 Å². The third-order valence-electron chi connectivity index (χ3n) is 6.25. The van der Waals surface area contributed by atoms with E-state index >= 15 is 0 Å². The fraction of sp³-hybridized carbons (Fsp3) is 0.379. The molecule has 0 aliphatic carbocycles. The number of amides is 2. The molecule has 204 valence electrons. The first-order chi connectivity index (χ1) is 18.5. The summed E-state index contributed by atoms with van der Waals surface area (Å²) in [6, 6.07) is 11.4. The van der Waals surface area contributed by atoms with Crippen molar-refractivity contribution in [1.29, 1.82) is 0 Å². The van der Waals surface area contributed by atoms with Gasteiger partial charge in [0.05, 0.1) is 11.0 Å². The van der Waals surface area contributed by atoms with Gasteiger partial charge in [0.1, 0.15) is 6.42 Å². The maximum atomic E-state index is 12.5. The van der Waals surface area contributed by atoms with Crippen molar-refractivity contribution in [3.05, 3.63) is 47.5 Å². The van der Waals surface area contributed by atoms with E-state index in [1.165, 1.54) is 0 Å². The second-order valence-corrected chi connectivity index (χ2v) is 10.8. The lowest BCUT2D eigenvalue weighted by molar-refractivity contribution is -0.126. The summed E-state index contributed by atoms with van der Waals surface area (Å²) in [5.74, 6) is -1.28. The maximum Gasteiger partial charge on any atom is 0.274 e. The third-order valence-corrected chi connectivity index (χ3v) is 6.25. The number of aromatic nitrogens is 2. The van der Waals surface area contributed by atoms with Crippen LogP contribution in [0.5, 0.6) is 11.8 Å². The molecule has 2 heterocycles. The molecule has 0 aliphatic rings. The van der Waals surface area contributed by atoms with Gasteiger partial charge < -0.3 is 19.3 Å². The highest BCUT2D eigenvalue weighted by atomic mass is 16.3. The highest BCUT2D eigenvalue weighted by Gasteiger charge is 2.20. The highest BCUT2D eigenvalue weighted by Crippen LogP contribution is 2.41. The van der Waals surface area contributed by atoms with Gasteiger partial charge in [0.25, 0.3) is 11.8 Å². The van der Waals surface area contributed by atoms with E-state index in [2.05, 4.69) is 20.5 Å². The van der Waals surface area contributed by atoms with Crippen molar-refractivity contribution in [2.24, 2.45) is 32.3 Å². The number of aryl methyl sites for hydroxylation is 2. The fourth-order valence-corrected chi connectivity index (χ4v) is 4.58. The Hall–Kier alpha value is -4.34. The molecule has 10 heteroatoms. The number of hydrogen-bond donors (Lipinski definition) is 2. The Labute approximate surface area is 226 Å². The second-order valence-electron chi connectivity index (χ2n) is 10.8.